The first-order valence-corrected chi connectivity index (χ1v) is 4.45. The van der Waals surface area contributed by atoms with Gasteiger partial charge in [-0.25, -0.2) is 4.98 Å². The van der Waals surface area contributed by atoms with Crippen LogP contribution in [0.1, 0.15) is 17.6 Å². The fourth-order valence-electron chi connectivity index (χ4n) is 1.57. The van der Waals surface area contributed by atoms with Crippen molar-refractivity contribution in [2.75, 3.05) is 13.1 Å². The van der Waals surface area contributed by atoms with Gasteiger partial charge in [0.15, 0.2) is 5.82 Å². The first-order valence-electron chi connectivity index (χ1n) is 4.45. The first kappa shape index (κ1) is 8.65. The molecule has 1 fully saturated rings. The van der Waals surface area contributed by atoms with Gasteiger partial charge >= 0.3 is 0 Å². The summed E-state index contributed by atoms with van der Waals surface area (Å²) in [7, 11) is 1.86. The minimum atomic E-state index is -0.346. The van der Waals surface area contributed by atoms with Crippen LogP contribution in [0.2, 0.25) is 0 Å². The van der Waals surface area contributed by atoms with Crippen LogP contribution in [0.5, 0.6) is 0 Å². The minimum Gasteiger partial charge on any atom is -0.391 e. The molecule has 0 spiro atoms. The van der Waals surface area contributed by atoms with Gasteiger partial charge in [0, 0.05) is 20.1 Å². The Balaban J connectivity index is 2.24. The highest BCUT2D eigenvalue weighted by Gasteiger charge is 2.29. The fourth-order valence-corrected chi connectivity index (χ4v) is 1.57. The lowest BCUT2D eigenvalue weighted by atomic mass is 10.1. The Kier molecular flexibility index (Phi) is 2.05. The molecule has 0 aromatic carbocycles. The number of aromatic nitrogens is 3. The number of hydrogen-bond acceptors (Lipinski definition) is 4. The predicted octanol–water partition coefficient (Wildman–Crippen LogP) is -0.829. The Morgan fingerprint density at radius 1 is 1.54 bits per heavy atom. The predicted molar refractivity (Wildman–Crippen MR) is 47.4 cm³/mol. The molecule has 13 heavy (non-hydrogen) atoms. The van der Waals surface area contributed by atoms with Crippen LogP contribution in [0.4, 0.5) is 0 Å². The Labute approximate surface area is 76.8 Å². The molecular formula is C8H14N4O. The van der Waals surface area contributed by atoms with E-state index < -0.39 is 0 Å². The van der Waals surface area contributed by atoms with Crippen LogP contribution in [0.3, 0.4) is 0 Å². The molecule has 1 aliphatic heterocycles. The van der Waals surface area contributed by atoms with Gasteiger partial charge in [-0.2, -0.15) is 5.10 Å². The maximum atomic E-state index is 9.59. The van der Waals surface area contributed by atoms with Crippen molar-refractivity contribution in [3.05, 3.63) is 11.6 Å². The third-order valence-corrected chi connectivity index (χ3v) is 2.51. The summed E-state index contributed by atoms with van der Waals surface area (Å²) in [6.07, 6.45) is -0.346. The second-order valence-corrected chi connectivity index (χ2v) is 3.47. The van der Waals surface area contributed by atoms with E-state index in [4.69, 9.17) is 0 Å². The van der Waals surface area contributed by atoms with Crippen molar-refractivity contribution in [2.24, 2.45) is 7.05 Å². The lowest BCUT2D eigenvalue weighted by Gasteiger charge is -2.07. The maximum absolute atomic E-state index is 9.59. The molecule has 0 saturated carbocycles. The molecule has 0 aliphatic carbocycles. The standard InChI is InChI=1S/C8H14N4O/c1-5-10-8(11-12(5)2)6-3-9-4-7(6)13/h6-7,9,13H,3-4H2,1-2H3/t6-,7-/m1/s1. The second-order valence-electron chi connectivity index (χ2n) is 3.47. The number of aliphatic hydroxyl groups excluding tert-OH is 1. The monoisotopic (exact) mass is 182 g/mol. The zero-order valence-electron chi connectivity index (χ0n) is 7.86. The van der Waals surface area contributed by atoms with E-state index in [2.05, 4.69) is 15.4 Å². The Bertz CT molecular complexity index is 290. The van der Waals surface area contributed by atoms with Crippen molar-refractivity contribution in [1.29, 1.82) is 0 Å². The van der Waals surface area contributed by atoms with E-state index in [-0.39, 0.29) is 12.0 Å². The molecule has 2 rings (SSSR count). The van der Waals surface area contributed by atoms with Gasteiger partial charge in [-0.1, -0.05) is 0 Å². The normalized spacial score (nSPS) is 28.2. The second kappa shape index (κ2) is 3.08. The summed E-state index contributed by atoms with van der Waals surface area (Å²) in [6.45, 7) is 3.32. The highest BCUT2D eigenvalue weighted by Crippen LogP contribution is 2.19. The lowest BCUT2D eigenvalue weighted by Crippen LogP contribution is -2.17. The molecule has 72 valence electrons. The van der Waals surface area contributed by atoms with Gasteiger partial charge in [0.25, 0.3) is 0 Å². The molecule has 2 heterocycles. The van der Waals surface area contributed by atoms with E-state index in [1.807, 2.05) is 14.0 Å². The van der Waals surface area contributed by atoms with Crippen molar-refractivity contribution in [2.45, 2.75) is 18.9 Å². The third kappa shape index (κ3) is 1.45. The van der Waals surface area contributed by atoms with Crippen molar-refractivity contribution < 1.29 is 5.11 Å². The van der Waals surface area contributed by atoms with Crippen molar-refractivity contribution in [1.82, 2.24) is 20.1 Å². The van der Waals surface area contributed by atoms with Gasteiger partial charge in [0.1, 0.15) is 5.82 Å². The molecule has 5 nitrogen and oxygen atoms in total. The van der Waals surface area contributed by atoms with Crippen molar-refractivity contribution >= 4 is 0 Å². The topological polar surface area (TPSA) is 63.0 Å². The van der Waals surface area contributed by atoms with Crippen LogP contribution in [-0.2, 0) is 7.05 Å². The summed E-state index contributed by atoms with van der Waals surface area (Å²) in [6, 6.07) is 0. The number of nitrogens with zero attached hydrogens (tertiary/aromatic N) is 3. The summed E-state index contributed by atoms with van der Waals surface area (Å²) in [5.74, 6) is 1.69. The fraction of sp³-hybridized carbons (Fsp3) is 0.750. The highest BCUT2D eigenvalue weighted by atomic mass is 16.3. The minimum absolute atomic E-state index is 0.0555. The molecule has 0 unspecified atom stereocenters. The average Bonchev–Trinajstić information content (AvgIpc) is 2.60. The smallest absolute Gasteiger partial charge is 0.157 e. The molecule has 0 amide bonds. The summed E-state index contributed by atoms with van der Waals surface area (Å²) >= 11 is 0. The van der Waals surface area contributed by atoms with E-state index in [1.165, 1.54) is 0 Å². The molecular weight excluding hydrogens is 168 g/mol. The van der Waals surface area contributed by atoms with Gasteiger partial charge in [-0.3, -0.25) is 4.68 Å². The number of aryl methyl sites for hydroxylation is 2. The summed E-state index contributed by atoms with van der Waals surface area (Å²) in [4.78, 5) is 4.29. The SMILES string of the molecule is Cc1nc([C@@H]2CNC[C@H]2O)nn1C. The van der Waals surface area contributed by atoms with Crippen LogP contribution in [0.15, 0.2) is 0 Å². The Morgan fingerprint density at radius 3 is 2.77 bits per heavy atom. The maximum Gasteiger partial charge on any atom is 0.157 e. The first-order chi connectivity index (χ1) is 6.18. The van der Waals surface area contributed by atoms with Crippen LogP contribution in [-0.4, -0.2) is 39.1 Å². The number of β-amino-alcohol motifs (C(OH)–C–C–N with tert-alkyl or cyclic N) is 1. The van der Waals surface area contributed by atoms with Gasteiger partial charge in [0.05, 0.1) is 12.0 Å². The van der Waals surface area contributed by atoms with Crippen LogP contribution >= 0.6 is 0 Å². The van der Waals surface area contributed by atoms with Crippen molar-refractivity contribution in [3.8, 4) is 0 Å². The quantitative estimate of drug-likeness (QED) is 0.595. The number of hydrogen-bond donors (Lipinski definition) is 2. The molecule has 2 atom stereocenters. The van der Waals surface area contributed by atoms with Gasteiger partial charge in [-0.05, 0) is 6.92 Å². The van der Waals surface area contributed by atoms with Crippen LogP contribution in [0, 0.1) is 6.92 Å². The van der Waals surface area contributed by atoms with E-state index in [0.29, 0.717) is 6.54 Å². The van der Waals surface area contributed by atoms with E-state index in [9.17, 15) is 5.11 Å². The molecule has 0 bridgehead atoms. The number of aliphatic hydroxyl groups is 1. The lowest BCUT2D eigenvalue weighted by molar-refractivity contribution is 0.174. The molecule has 2 N–H and O–H groups in total. The van der Waals surface area contributed by atoms with Gasteiger partial charge in [0.2, 0.25) is 0 Å². The van der Waals surface area contributed by atoms with Crippen molar-refractivity contribution in [3.63, 3.8) is 0 Å². The average molecular weight is 182 g/mol. The highest BCUT2D eigenvalue weighted by molar-refractivity contribution is 5.05. The zero-order chi connectivity index (χ0) is 9.42. The molecule has 1 aromatic rings. The summed E-state index contributed by atoms with van der Waals surface area (Å²) in [5, 5.41) is 16.9. The molecule has 1 aromatic heterocycles. The van der Waals surface area contributed by atoms with Crippen LogP contribution in [0.25, 0.3) is 0 Å². The molecule has 1 aliphatic rings. The van der Waals surface area contributed by atoms with E-state index in [1.54, 1.807) is 4.68 Å². The molecule has 1 saturated heterocycles. The van der Waals surface area contributed by atoms with Crippen LogP contribution < -0.4 is 5.32 Å². The summed E-state index contributed by atoms with van der Waals surface area (Å²) in [5.41, 5.74) is 0. The van der Waals surface area contributed by atoms with E-state index >= 15 is 0 Å². The van der Waals surface area contributed by atoms with Gasteiger partial charge in [-0.15, -0.1) is 0 Å². The Morgan fingerprint density at radius 2 is 2.31 bits per heavy atom. The summed E-state index contributed by atoms with van der Waals surface area (Å²) < 4.78 is 1.74. The number of rotatable bonds is 1. The largest absolute Gasteiger partial charge is 0.391 e. The zero-order valence-corrected chi connectivity index (χ0v) is 7.86. The molecule has 0 radical (unpaired) electrons. The van der Waals surface area contributed by atoms with Gasteiger partial charge < -0.3 is 10.4 Å². The third-order valence-electron chi connectivity index (χ3n) is 2.51. The Hall–Kier alpha value is -0.940. The number of nitrogens with one attached hydrogen (secondary N) is 1. The van der Waals surface area contributed by atoms with E-state index in [0.717, 1.165) is 18.2 Å². The molecule has 5 heteroatoms.